The van der Waals surface area contributed by atoms with Crippen molar-refractivity contribution >= 4 is 13.8 Å². The Kier molecular flexibility index (Phi) is 32.5. The van der Waals surface area contributed by atoms with Crippen LogP contribution in [0.3, 0.4) is 0 Å². The lowest BCUT2D eigenvalue weighted by atomic mass is 10.1. The second kappa shape index (κ2) is 35.0. The van der Waals surface area contributed by atoms with Crippen LogP contribution < -0.4 is 0 Å². The summed E-state index contributed by atoms with van der Waals surface area (Å²) in [5.74, 6) is -0.337. The Morgan fingerprint density at radius 2 is 1.23 bits per heavy atom. The van der Waals surface area contributed by atoms with Crippen LogP contribution in [0.2, 0.25) is 0 Å². The third-order valence-corrected chi connectivity index (χ3v) is 10.5. The number of hydrogen-bond acceptors (Lipinski definition) is 7. The second-order valence-electron chi connectivity index (χ2n) is 16.2. The van der Waals surface area contributed by atoms with Crippen molar-refractivity contribution in [3.63, 3.8) is 0 Å². The van der Waals surface area contributed by atoms with Crippen LogP contribution in [0.25, 0.3) is 0 Å². The predicted molar refractivity (Wildman–Crippen MR) is 232 cm³/mol. The maximum Gasteiger partial charge on any atom is 0.472 e. The number of carbonyl (C=O) groups excluding carboxylic acids is 1. The van der Waals surface area contributed by atoms with E-state index in [0.717, 1.165) is 38.5 Å². The molecule has 0 aromatic carbocycles. The van der Waals surface area contributed by atoms with Crippen molar-refractivity contribution in [3.05, 3.63) is 60.9 Å². The summed E-state index contributed by atoms with van der Waals surface area (Å²) < 4.78 is 40.4. The summed E-state index contributed by atoms with van der Waals surface area (Å²) in [4.78, 5) is 22.7. The van der Waals surface area contributed by atoms with E-state index in [-0.39, 0.29) is 32.2 Å². The first-order chi connectivity index (χ1) is 27.1. The quantitative estimate of drug-likeness (QED) is 0.0125. The normalized spacial score (nSPS) is 17.9. The van der Waals surface area contributed by atoms with Gasteiger partial charge in [-0.15, -0.1) is 0 Å². The highest BCUT2D eigenvalue weighted by molar-refractivity contribution is 7.47. The number of unbranched alkanes of at least 4 members (excludes halogenated alkanes) is 14. The molecule has 1 rings (SSSR count). The molecule has 1 N–H and O–H groups in total. The van der Waals surface area contributed by atoms with E-state index < -0.39 is 13.9 Å². The summed E-state index contributed by atoms with van der Waals surface area (Å²) >= 11 is 0. The minimum atomic E-state index is -4.28. The summed E-state index contributed by atoms with van der Waals surface area (Å²) in [5.41, 5.74) is 0. The zero-order valence-electron chi connectivity index (χ0n) is 36.3. The molecular weight excluding hydrogens is 725 g/mol. The minimum absolute atomic E-state index is 0.0756. The number of hydrogen-bond donors (Lipinski definition) is 1. The van der Waals surface area contributed by atoms with Gasteiger partial charge in [-0.25, -0.2) is 4.57 Å². The molecule has 10 heteroatoms. The molecule has 1 saturated heterocycles. The Labute approximate surface area is 343 Å². The third kappa shape index (κ3) is 35.2. The van der Waals surface area contributed by atoms with Crippen molar-refractivity contribution in [2.45, 2.75) is 180 Å². The predicted octanol–water partition coefficient (Wildman–Crippen LogP) is 12.3. The van der Waals surface area contributed by atoms with E-state index >= 15 is 0 Å². The average molecular weight is 809 g/mol. The summed E-state index contributed by atoms with van der Waals surface area (Å²) in [5, 5.41) is 0. The summed E-state index contributed by atoms with van der Waals surface area (Å²) in [6, 6.07) is 0. The summed E-state index contributed by atoms with van der Waals surface area (Å²) in [6.07, 6.45) is 46.8. The van der Waals surface area contributed by atoms with Crippen LogP contribution in [0.5, 0.6) is 0 Å². The first-order valence-electron chi connectivity index (χ1n) is 22.2. The number of rotatable bonds is 39. The van der Waals surface area contributed by atoms with Crippen molar-refractivity contribution in [2.24, 2.45) is 0 Å². The molecule has 1 aliphatic rings. The fraction of sp³-hybridized carbons (Fsp3) is 0.761. The van der Waals surface area contributed by atoms with E-state index in [9.17, 15) is 14.3 Å². The standard InChI is InChI=1S/C46H82NO8P/c1-6-8-10-11-12-13-14-15-16-17-18-21-24-27-30-34-39-51-43(42-54-56(49,50)53-40-38-47(3,4)5)41-52-46(48)37-33-29-26-23-20-19-22-25-28-32-36-45-44(55-45)35-31-9-7-2/h13-14,19,22-23,26,28,32,34,39,43-45H,6-12,15-18,20-21,24-25,27,29-31,33,35-38,40-42H2,1-5H3/p+1/b14-13-,22-19-,26-23-,32-28-,39-34+/t43-,44?,45?/m1/s1. The molecule has 56 heavy (non-hydrogen) atoms. The average Bonchev–Trinajstić information content (AvgIpc) is 3.91. The zero-order valence-corrected chi connectivity index (χ0v) is 37.2. The fourth-order valence-corrected chi connectivity index (χ4v) is 6.65. The molecule has 0 spiro atoms. The molecular formula is C46H83NO8P+. The molecule has 1 aliphatic heterocycles. The van der Waals surface area contributed by atoms with Crippen LogP contribution in [0.1, 0.15) is 162 Å². The molecule has 0 aromatic rings. The van der Waals surface area contributed by atoms with E-state index in [1.54, 1.807) is 6.26 Å². The van der Waals surface area contributed by atoms with Crippen LogP contribution in [-0.2, 0) is 32.6 Å². The van der Waals surface area contributed by atoms with Crippen molar-refractivity contribution in [2.75, 3.05) is 47.5 Å². The highest BCUT2D eigenvalue weighted by atomic mass is 31.2. The Hall–Kier alpha value is -2.00. The molecule has 324 valence electrons. The van der Waals surface area contributed by atoms with Gasteiger partial charge in [0, 0.05) is 6.42 Å². The summed E-state index contributed by atoms with van der Waals surface area (Å²) in [6.45, 7) is 4.77. The molecule has 0 bridgehead atoms. The maximum absolute atomic E-state index is 12.5. The molecule has 0 saturated carbocycles. The number of carbonyl (C=O) groups is 1. The fourth-order valence-electron chi connectivity index (χ4n) is 5.91. The number of phosphoric acid groups is 1. The van der Waals surface area contributed by atoms with Crippen molar-refractivity contribution in [3.8, 4) is 0 Å². The second-order valence-corrected chi connectivity index (χ2v) is 17.6. The van der Waals surface area contributed by atoms with Crippen molar-refractivity contribution in [1.29, 1.82) is 0 Å². The maximum atomic E-state index is 12.5. The molecule has 0 radical (unpaired) electrons. The zero-order chi connectivity index (χ0) is 41.0. The van der Waals surface area contributed by atoms with Crippen LogP contribution in [-0.4, -0.2) is 81.2 Å². The minimum Gasteiger partial charge on any atom is -0.492 e. The number of likely N-dealkylation sites (N-methyl/N-ethyl adjacent to an activating group) is 1. The van der Waals surface area contributed by atoms with Gasteiger partial charge in [0.25, 0.3) is 0 Å². The lowest BCUT2D eigenvalue weighted by molar-refractivity contribution is -0.870. The number of phosphoric ester groups is 1. The van der Waals surface area contributed by atoms with Crippen molar-refractivity contribution in [1.82, 2.24) is 0 Å². The molecule has 4 atom stereocenters. The van der Waals surface area contributed by atoms with Crippen LogP contribution in [0.15, 0.2) is 60.9 Å². The molecule has 9 nitrogen and oxygen atoms in total. The van der Waals surface area contributed by atoms with Crippen LogP contribution >= 0.6 is 7.82 Å². The van der Waals surface area contributed by atoms with Crippen LogP contribution in [0.4, 0.5) is 0 Å². The Morgan fingerprint density at radius 1 is 0.679 bits per heavy atom. The first kappa shape index (κ1) is 52.0. The topological polar surface area (TPSA) is 104 Å². The van der Waals surface area contributed by atoms with E-state index in [4.69, 9.17) is 23.3 Å². The number of esters is 1. The van der Waals surface area contributed by atoms with Gasteiger partial charge in [0.2, 0.25) is 0 Å². The Morgan fingerprint density at radius 3 is 1.89 bits per heavy atom. The number of epoxide rings is 1. The van der Waals surface area contributed by atoms with Gasteiger partial charge < -0.3 is 23.6 Å². The highest BCUT2D eigenvalue weighted by Gasteiger charge is 2.36. The SMILES string of the molecule is CCCCCC/C=C\CCCCCCCC/C=C/O[C@H](COC(=O)CCC/C=C\C/C=C\C/C=C\CC1OC1CCCCC)COP(=O)(O)OCC[N+](C)(C)C. The molecule has 1 fully saturated rings. The van der Waals surface area contributed by atoms with Gasteiger partial charge in [0.15, 0.2) is 6.10 Å². The third-order valence-electron chi connectivity index (χ3n) is 9.56. The highest BCUT2D eigenvalue weighted by Crippen LogP contribution is 2.43. The number of ether oxygens (including phenoxy) is 3. The smallest absolute Gasteiger partial charge is 0.472 e. The van der Waals surface area contributed by atoms with Gasteiger partial charge >= 0.3 is 13.8 Å². The van der Waals surface area contributed by atoms with E-state index in [0.29, 0.717) is 29.7 Å². The Bertz CT molecular complexity index is 1140. The van der Waals surface area contributed by atoms with E-state index in [1.807, 2.05) is 27.2 Å². The largest absolute Gasteiger partial charge is 0.492 e. The number of allylic oxidation sites excluding steroid dienone is 8. The molecule has 3 unspecified atom stereocenters. The molecule has 0 amide bonds. The number of nitrogens with zero attached hydrogens (tertiary/aromatic N) is 1. The molecule has 0 aromatic heterocycles. The lowest BCUT2D eigenvalue weighted by Crippen LogP contribution is -2.37. The lowest BCUT2D eigenvalue weighted by Gasteiger charge is -2.24. The molecule has 0 aliphatic carbocycles. The van der Waals surface area contributed by atoms with Crippen LogP contribution in [0, 0.1) is 0 Å². The number of quaternary nitrogens is 1. The molecule has 1 heterocycles. The van der Waals surface area contributed by atoms with E-state index in [2.05, 4.69) is 62.5 Å². The summed E-state index contributed by atoms with van der Waals surface area (Å²) in [7, 11) is 1.63. The van der Waals surface area contributed by atoms with Gasteiger partial charge in [-0.05, 0) is 83.1 Å². The van der Waals surface area contributed by atoms with E-state index in [1.165, 1.54) is 96.3 Å². The Balaban J connectivity index is 2.28. The first-order valence-corrected chi connectivity index (χ1v) is 23.7. The van der Waals surface area contributed by atoms with Crippen molar-refractivity contribution < 1.29 is 42.0 Å². The van der Waals surface area contributed by atoms with Gasteiger partial charge in [-0.1, -0.05) is 127 Å². The van der Waals surface area contributed by atoms with Gasteiger partial charge in [0.05, 0.1) is 46.2 Å². The van der Waals surface area contributed by atoms with Gasteiger partial charge in [-0.3, -0.25) is 13.8 Å². The van der Waals surface area contributed by atoms with Gasteiger partial charge in [0.1, 0.15) is 19.8 Å². The monoisotopic (exact) mass is 809 g/mol. The van der Waals surface area contributed by atoms with Gasteiger partial charge in [-0.2, -0.15) is 0 Å².